The summed E-state index contributed by atoms with van der Waals surface area (Å²) in [5.74, 6) is 7.57. The Balaban J connectivity index is 0.000000477. The van der Waals surface area contributed by atoms with E-state index in [9.17, 15) is 0 Å². The van der Waals surface area contributed by atoms with Gasteiger partial charge in [-0.3, -0.25) is 0 Å². The second-order valence-electron chi connectivity index (χ2n) is 30.3. The molecule has 0 saturated heterocycles. The van der Waals surface area contributed by atoms with Crippen molar-refractivity contribution in [3.05, 3.63) is 0 Å². The van der Waals surface area contributed by atoms with Gasteiger partial charge in [-0.2, -0.15) is 0 Å². The summed E-state index contributed by atoms with van der Waals surface area (Å²) in [6, 6.07) is 0. The van der Waals surface area contributed by atoms with Crippen LogP contribution in [0.15, 0.2) is 0 Å². The maximum absolute atomic E-state index is 7.63. The molecule has 72 heavy (non-hydrogen) atoms. The minimum absolute atomic E-state index is 0.0556. The van der Waals surface area contributed by atoms with E-state index >= 15 is 0 Å². The normalized spacial score (nSPS) is 35.9. The van der Waals surface area contributed by atoms with Crippen molar-refractivity contribution in [2.45, 2.75) is 370 Å². The summed E-state index contributed by atoms with van der Waals surface area (Å²) < 4.78 is 94.2. The van der Waals surface area contributed by atoms with E-state index in [1.54, 1.807) is 126 Å². The summed E-state index contributed by atoms with van der Waals surface area (Å²) >= 11 is 0. The van der Waals surface area contributed by atoms with Crippen LogP contribution in [0.2, 0.25) is 0 Å². The number of hydrogen-bond acceptors (Lipinski definition) is 0. The van der Waals surface area contributed by atoms with Crippen LogP contribution in [-0.4, -0.2) is 0 Å². The van der Waals surface area contributed by atoms with Crippen molar-refractivity contribution in [1.82, 2.24) is 0 Å². The van der Waals surface area contributed by atoms with Crippen molar-refractivity contribution in [2.75, 3.05) is 0 Å². The van der Waals surface area contributed by atoms with E-state index in [2.05, 4.69) is 41.5 Å². The number of hydrogen-bond donors (Lipinski definition) is 0. The molecule has 0 aromatic carbocycles. The average molecular weight is 1020 g/mol. The van der Waals surface area contributed by atoms with Crippen molar-refractivity contribution >= 4 is 0 Å². The van der Waals surface area contributed by atoms with E-state index in [0.29, 0.717) is 17.3 Å². The van der Waals surface area contributed by atoms with Crippen LogP contribution in [-0.2, 0) is 0 Å². The van der Waals surface area contributed by atoms with Gasteiger partial charge in [0.1, 0.15) is 0 Å². The van der Waals surface area contributed by atoms with E-state index in [1.165, 1.54) is 70.6 Å². The van der Waals surface area contributed by atoms with Gasteiger partial charge in [-0.1, -0.05) is 293 Å². The van der Waals surface area contributed by atoms with Crippen molar-refractivity contribution in [3.8, 4) is 0 Å². The molecule has 12 saturated carbocycles. The molecule has 0 radical (unpaired) electrons. The monoisotopic (exact) mass is 1020 g/mol. The summed E-state index contributed by atoms with van der Waals surface area (Å²) in [6.07, 6.45) is 38.2. The highest BCUT2D eigenvalue weighted by molar-refractivity contribution is 5.01. The van der Waals surface area contributed by atoms with E-state index < -0.39 is 37.8 Å². The second kappa shape index (κ2) is 36.2. The molecule has 0 amide bonds. The molecule has 0 unspecified atom stereocenters. The molecule has 0 heteroatoms. The molecular formula is C72H144. The Morgan fingerprint density at radius 1 is 0.458 bits per heavy atom. The predicted octanol–water partition coefficient (Wildman–Crippen LogP) is 25.8. The lowest BCUT2D eigenvalue weighted by molar-refractivity contribution is -0.0545. The molecule has 0 nitrogen and oxygen atoms in total. The first-order valence-electron chi connectivity index (χ1n) is 38.1. The van der Waals surface area contributed by atoms with Gasteiger partial charge in [-0.05, 0) is 169 Å². The lowest BCUT2D eigenvalue weighted by Gasteiger charge is -2.56. The minimum atomic E-state index is -1.81. The lowest BCUT2D eigenvalue weighted by Crippen LogP contribution is -2.45. The summed E-state index contributed by atoms with van der Waals surface area (Å²) in [7, 11) is 0. The topological polar surface area (TPSA) is 0 Å². The highest BCUT2D eigenvalue weighted by Gasteiger charge is 2.50. The molecule has 12 aliphatic rings. The van der Waals surface area contributed by atoms with Gasteiger partial charge in [-0.25, -0.2) is 0 Å². The maximum atomic E-state index is 7.63. The molecule has 12 aliphatic carbocycles. The summed E-state index contributed by atoms with van der Waals surface area (Å²) in [6.45, 7) is 37.1. The Morgan fingerprint density at radius 2 is 0.694 bits per heavy atom. The van der Waals surface area contributed by atoms with E-state index in [-0.39, 0.29) is 23.1 Å². The molecule has 0 atom stereocenters. The van der Waals surface area contributed by atoms with Crippen molar-refractivity contribution in [1.29, 1.82) is 0 Å². The Hall–Kier alpha value is 0. The first kappa shape index (κ1) is 50.2. The molecule has 0 spiro atoms. The van der Waals surface area contributed by atoms with Crippen LogP contribution in [0.5, 0.6) is 0 Å². The van der Waals surface area contributed by atoms with E-state index in [1.807, 2.05) is 48.5 Å². The maximum Gasteiger partial charge on any atom is 0.0300 e. The molecular weight excluding hydrogens is 865 g/mol. The second-order valence-corrected chi connectivity index (χ2v) is 30.3. The molecule has 0 N–H and O–H groups in total. The van der Waals surface area contributed by atoms with Crippen LogP contribution in [0.1, 0.15) is 388 Å². The van der Waals surface area contributed by atoms with Crippen molar-refractivity contribution in [2.24, 2.45) is 92.1 Å². The predicted molar refractivity (Wildman–Crippen MR) is 331 cm³/mol. The lowest BCUT2D eigenvalue weighted by atomic mass is 9.49. The van der Waals surface area contributed by atoms with Crippen molar-refractivity contribution in [3.63, 3.8) is 0 Å². The molecule has 12 rings (SSSR count). The fraction of sp³-hybridized carbons (Fsp3) is 1.00. The van der Waals surface area contributed by atoms with Gasteiger partial charge < -0.3 is 0 Å². The van der Waals surface area contributed by atoms with Gasteiger partial charge in [0, 0.05) is 17.8 Å². The van der Waals surface area contributed by atoms with Crippen LogP contribution in [0.4, 0.5) is 0 Å². The van der Waals surface area contributed by atoms with Gasteiger partial charge in [-0.15, -0.1) is 0 Å². The molecule has 8 bridgehead atoms. The molecule has 432 valence electrons. The SMILES string of the molecule is CC(C)(C)C.CC12CC3CC(CC(C3)C1)C2.CCC12CC3CC(CC(C3)C1)C2.[2H]C([2H])(C)C(C)(C)C.[2H]C([2H])(C)C(C)C.[2H]C([2H])(C)C1CCCC1.[2H]C([2H])(C)C1CCCCC1.[2H]C([2H])([2H])C(C)(C)C.[2H]C1(C)CCCC1.[2H]C1(C)CCCCC1. The molecule has 0 aromatic rings. The fourth-order valence-electron chi connectivity index (χ4n) is 14.0. The highest BCUT2D eigenvalue weighted by atomic mass is 14.6. The standard InChI is InChI=1S/C12H20.C11H18.C8H16.2C7H14.C6H12.C6H14.3C5H12/c1-2-12-6-9-3-10(7-12)5-11(4-9)8-12;1-11-5-8-2-9(6-11)4-10(3-8)7-11;1-2-8-6-4-3-5-7-8;1-7-5-3-2-4-6-7;1-2-7-5-3-4-6-7;1-6-4-2-3-5-6;1-5-6(2,3)4;2*1-5(2,3)4;1-4-5(2)3/h9-11H,2-8H2,1H3;8-10H,2-7H2,1H3;8H,2-7H2,1H3;2*7H,2-6H2,1H3;6H,2-5H2,1H3;5H2,1-4H3;2*1-4H3;5H,4H2,1-3H3/i;;2D2;7D;2D2;6D;5D2;1D3;;4D2. The van der Waals surface area contributed by atoms with Crippen molar-refractivity contribution < 1.29 is 17.8 Å². The average Bonchev–Trinajstić information content (AvgIpc) is 3.98. The van der Waals surface area contributed by atoms with Gasteiger partial charge in [0.2, 0.25) is 0 Å². The summed E-state index contributed by atoms with van der Waals surface area (Å²) in [5, 5.41) is 0. The Labute approximate surface area is 478 Å². The van der Waals surface area contributed by atoms with E-state index in [0.717, 1.165) is 97.7 Å². The van der Waals surface area contributed by atoms with Gasteiger partial charge >= 0.3 is 0 Å². The molecule has 0 aromatic heterocycles. The van der Waals surface area contributed by atoms with Crippen LogP contribution >= 0.6 is 0 Å². The zero-order chi connectivity index (χ0) is 66.1. The van der Waals surface area contributed by atoms with Crippen LogP contribution < -0.4 is 0 Å². The highest BCUT2D eigenvalue weighted by Crippen LogP contribution is 2.61. The number of rotatable bonds is 4. The van der Waals surface area contributed by atoms with Crippen LogP contribution in [0.3, 0.4) is 0 Å². The smallest absolute Gasteiger partial charge is 0.0300 e. The first-order chi connectivity index (χ1) is 38.1. The van der Waals surface area contributed by atoms with Gasteiger partial charge in [0.05, 0.1) is 0 Å². The molecule has 0 aliphatic heterocycles. The third-order valence-corrected chi connectivity index (χ3v) is 17.5. The third kappa shape index (κ3) is 36.2. The Kier molecular flexibility index (Phi) is 25.3. The summed E-state index contributed by atoms with van der Waals surface area (Å²) in [4.78, 5) is 0. The van der Waals surface area contributed by atoms with Gasteiger partial charge in [0.15, 0.2) is 0 Å². The van der Waals surface area contributed by atoms with Gasteiger partial charge in [0.25, 0.3) is 0 Å². The molecule has 0 heterocycles. The van der Waals surface area contributed by atoms with Crippen LogP contribution in [0, 0.1) is 92.1 Å². The Morgan fingerprint density at radius 3 is 0.861 bits per heavy atom. The quantitative estimate of drug-likeness (QED) is 0.263. The zero-order valence-corrected chi connectivity index (χ0v) is 53.1. The third-order valence-electron chi connectivity index (χ3n) is 17.5. The zero-order valence-electron chi connectivity index (χ0n) is 66.1. The first-order valence-corrected chi connectivity index (χ1v) is 31.6. The van der Waals surface area contributed by atoms with Crippen LogP contribution in [0.25, 0.3) is 0 Å². The largest absolute Gasteiger partial charge is 0.0651 e. The minimum Gasteiger partial charge on any atom is -0.0651 e. The summed E-state index contributed by atoms with van der Waals surface area (Å²) in [5.41, 5.74) is 1.35. The Bertz CT molecular complexity index is 1630. The molecule has 12 fully saturated rings. The fourth-order valence-corrected chi connectivity index (χ4v) is 14.0. The van der Waals surface area contributed by atoms with E-state index in [4.69, 9.17) is 17.8 Å².